The number of carbonyl (C=O) groups excluding carboxylic acids is 2. The first-order valence-corrected chi connectivity index (χ1v) is 9.55. The third-order valence-corrected chi connectivity index (χ3v) is 5.19. The summed E-state index contributed by atoms with van der Waals surface area (Å²) in [5.74, 6) is 0.0109. The fraction of sp³-hybridized carbons (Fsp3) is 0.200. The summed E-state index contributed by atoms with van der Waals surface area (Å²) in [5.41, 5.74) is 2.27. The quantitative estimate of drug-likeness (QED) is 0.350. The first-order chi connectivity index (χ1) is 12.5. The molecule has 3 rings (SSSR count). The van der Waals surface area contributed by atoms with Gasteiger partial charge in [-0.15, -0.1) is 11.8 Å². The number of nitrogens with one attached hydrogen (secondary N) is 1. The molecule has 6 heteroatoms. The predicted octanol–water partition coefficient (Wildman–Crippen LogP) is 5.04. The van der Waals surface area contributed by atoms with E-state index in [0.717, 1.165) is 21.5 Å². The van der Waals surface area contributed by atoms with Gasteiger partial charge in [-0.2, -0.15) is 0 Å². The van der Waals surface area contributed by atoms with Crippen LogP contribution in [0.2, 0.25) is 5.02 Å². The van der Waals surface area contributed by atoms with E-state index in [0.29, 0.717) is 16.3 Å². The van der Waals surface area contributed by atoms with E-state index in [2.05, 4.69) is 4.98 Å². The first kappa shape index (κ1) is 18.5. The van der Waals surface area contributed by atoms with Gasteiger partial charge in [-0.25, -0.2) is 0 Å². The van der Waals surface area contributed by atoms with Crippen LogP contribution in [0.15, 0.2) is 53.4 Å². The summed E-state index contributed by atoms with van der Waals surface area (Å²) in [6, 6.07) is 15.0. The van der Waals surface area contributed by atoms with Crippen LogP contribution in [-0.4, -0.2) is 29.1 Å². The van der Waals surface area contributed by atoms with Crippen molar-refractivity contribution in [1.29, 1.82) is 0 Å². The Morgan fingerprint density at radius 2 is 1.85 bits per heavy atom. The number of esters is 1. The number of fused-ring (bicyclic) bond motifs is 1. The number of ketones is 1. The van der Waals surface area contributed by atoms with Gasteiger partial charge in [0.05, 0.1) is 6.42 Å². The number of hydrogen-bond donors (Lipinski definition) is 1. The summed E-state index contributed by atoms with van der Waals surface area (Å²) in [4.78, 5) is 28.6. The maximum atomic E-state index is 12.5. The lowest BCUT2D eigenvalue weighted by Gasteiger charge is -2.05. The average molecular weight is 388 g/mol. The highest BCUT2D eigenvalue weighted by Crippen LogP contribution is 2.23. The number of aromatic amines is 1. The Labute approximate surface area is 160 Å². The van der Waals surface area contributed by atoms with Crippen LogP contribution in [0, 0.1) is 6.92 Å². The summed E-state index contributed by atoms with van der Waals surface area (Å²) in [6.07, 6.45) is 0.243. The molecule has 26 heavy (non-hydrogen) atoms. The van der Waals surface area contributed by atoms with Crippen LogP contribution in [-0.2, 0) is 9.53 Å². The van der Waals surface area contributed by atoms with Crippen molar-refractivity contribution in [2.45, 2.75) is 18.2 Å². The van der Waals surface area contributed by atoms with Crippen molar-refractivity contribution in [2.24, 2.45) is 0 Å². The van der Waals surface area contributed by atoms with Crippen LogP contribution >= 0.6 is 23.4 Å². The lowest BCUT2D eigenvalue weighted by molar-refractivity contribution is -0.141. The zero-order valence-electron chi connectivity index (χ0n) is 14.3. The van der Waals surface area contributed by atoms with Crippen LogP contribution in [0.5, 0.6) is 0 Å². The molecule has 0 aliphatic heterocycles. The number of halogens is 1. The molecule has 134 valence electrons. The van der Waals surface area contributed by atoms with Gasteiger partial charge in [-0.05, 0) is 37.3 Å². The minimum Gasteiger partial charge on any atom is -0.457 e. The van der Waals surface area contributed by atoms with Crippen LogP contribution in [0.4, 0.5) is 0 Å². The standard InChI is InChI=1S/C20H18ClNO3S/c1-13-20(16-4-2-3-5-17(16)22-13)18(23)12-25-19(24)10-11-26-15-8-6-14(21)7-9-15/h2-9,22H,10-12H2,1H3. The number of aromatic nitrogens is 1. The first-order valence-electron chi connectivity index (χ1n) is 8.19. The number of ether oxygens (including phenoxy) is 1. The molecule has 1 N–H and O–H groups in total. The second-order valence-corrected chi connectivity index (χ2v) is 7.41. The van der Waals surface area contributed by atoms with Gasteiger partial charge in [0.15, 0.2) is 6.61 Å². The molecule has 0 aliphatic carbocycles. The zero-order chi connectivity index (χ0) is 18.5. The van der Waals surface area contributed by atoms with Gasteiger partial charge in [-0.1, -0.05) is 29.8 Å². The van der Waals surface area contributed by atoms with Crippen LogP contribution in [0.3, 0.4) is 0 Å². The predicted molar refractivity (Wildman–Crippen MR) is 105 cm³/mol. The molecular weight excluding hydrogens is 370 g/mol. The van der Waals surface area contributed by atoms with Crippen molar-refractivity contribution in [3.05, 3.63) is 64.8 Å². The minimum absolute atomic E-state index is 0.196. The highest BCUT2D eigenvalue weighted by atomic mass is 35.5. The molecule has 0 amide bonds. The number of Topliss-reactive ketones (excluding diaryl/α,β-unsaturated/α-hetero) is 1. The van der Waals surface area contributed by atoms with E-state index >= 15 is 0 Å². The van der Waals surface area contributed by atoms with Gasteiger partial charge in [0.2, 0.25) is 5.78 Å². The maximum absolute atomic E-state index is 12.5. The molecule has 2 aromatic carbocycles. The SMILES string of the molecule is Cc1[nH]c2ccccc2c1C(=O)COC(=O)CCSc1ccc(Cl)cc1. The van der Waals surface area contributed by atoms with E-state index in [-0.39, 0.29) is 24.8 Å². The normalized spacial score (nSPS) is 10.8. The Morgan fingerprint density at radius 1 is 1.12 bits per heavy atom. The Bertz CT molecular complexity index is 934. The molecular formula is C20H18ClNO3S. The van der Waals surface area contributed by atoms with E-state index in [1.165, 1.54) is 0 Å². The van der Waals surface area contributed by atoms with E-state index in [4.69, 9.17) is 16.3 Å². The average Bonchev–Trinajstić information content (AvgIpc) is 2.97. The molecule has 4 nitrogen and oxygen atoms in total. The molecule has 0 bridgehead atoms. The van der Waals surface area contributed by atoms with E-state index in [1.54, 1.807) is 11.8 Å². The van der Waals surface area contributed by atoms with E-state index < -0.39 is 0 Å². The Morgan fingerprint density at radius 3 is 2.62 bits per heavy atom. The monoisotopic (exact) mass is 387 g/mol. The largest absolute Gasteiger partial charge is 0.457 e. The minimum atomic E-state index is -0.377. The van der Waals surface area contributed by atoms with Gasteiger partial charge >= 0.3 is 5.97 Å². The lowest BCUT2D eigenvalue weighted by atomic mass is 10.1. The molecule has 0 saturated carbocycles. The fourth-order valence-electron chi connectivity index (χ4n) is 2.71. The third kappa shape index (κ3) is 4.48. The molecule has 1 aromatic heterocycles. The number of thioether (sulfide) groups is 1. The highest BCUT2D eigenvalue weighted by Gasteiger charge is 2.17. The van der Waals surface area contributed by atoms with E-state index in [9.17, 15) is 9.59 Å². The molecule has 0 saturated heterocycles. The zero-order valence-corrected chi connectivity index (χ0v) is 15.8. The lowest BCUT2D eigenvalue weighted by Crippen LogP contribution is -2.15. The summed E-state index contributed by atoms with van der Waals surface area (Å²) in [7, 11) is 0. The Kier molecular flexibility index (Phi) is 6.01. The van der Waals surface area contributed by atoms with Crippen LogP contribution in [0.25, 0.3) is 10.9 Å². The molecule has 0 fully saturated rings. The molecule has 0 atom stereocenters. The Balaban J connectivity index is 1.50. The second-order valence-electron chi connectivity index (χ2n) is 5.81. The van der Waals surface area contributed by atoms with Gasteiger partial charge in [0.25, 0.3) is 0 Å². The molecule has 3 aromatic rings. The summed E-state index contributed by atoms with van der Waals surface area (Å²) >= 11 is 7.38. The van der Waals surface area contributed by atoms with Gasteiger partial charge < -0.3 is 9.72 Å². The maximum Gasteiger partial charge on any atom is 0.307 e. The third-order valence-electron chi connectivity index (χ3n) is 3.93. The topological polar surface area (TPSA) is 59.2 Å². The summed E-state index contributed by atoms with van der Waals surface area (Å²) < 4.78 is 5.15. The van der Waals surface area contributed by atoms with Crippen LogP contribution in [0.1, 0.15) is 22.5 Å². The molecule has 0 spiro atoms. The molecule has 1 heterocycles. The number of rotatable bonds is 7. The van der Waals surface area contributed by atoms with Gasteiger partial charge in [-0.3, -0.25) is 9.59 Å². The smallest absolute Gasteiger partial charge is 0.307 e. The number of aryl methyl sites for hydroxylation is 1. The molecule has 0 unspecified atom stereocenters. The van der Waals surface area contributed by atoms with Gasteiger partial charge in [0, 0.05) is 37.8 Å². The second kappa shape index (κ2) is 8.43. The summed E-state index contributed by atoms with van der Waals surface area (Å²) in [6.45, 7) is 1.60. The highest BCUT2D eigenvalue weighted by molar-refractivity contribution is 7.99. The van der Waals surface area contributed by atoms with Crippen molar-refractivity contribution in [3.63, 3.8) is 0 Å². The molecule has 0 radical (unpaired) electrons. The van der Waals surface area contributed by atoms with Crippen molar-refractivity contribution in [1.82, 2.24) is 4.98 Å². The van der Waals surface area contributed by atoms with Crippen molar-refractivity contribution < 1.29 is 14.3 Å². The summed E-state index contributed by atoms with van der Waals surface area (Å²) in [5, 5.41) is 1.53. The number of benzene rings is 2. The van der Waals surface area contributed by atoms with Crippen molar-refractivity contribution in [3.8, 4) is 0 Å². The number of H-pyrrole nitrogens is 1. The Hall–Kier alpha value is -2.24. The number of hydrogen-bond acceptors (Lipinski definition) is 4. The fourth-order valence-corrected chi connectivity index (χ4v) is 3.67. The number of para-hydroxylation sites is 1. The van der Waals surface area contributed by atoms with Crippen molar-refractivity contribution in [2.75, 3.05) is 12.4 Å². The van der Waals surface area contributed by atoms with Gasteiger partial charge in [0.1, 0.15) is 0 Å². The number of carbonyl (C=O) groups is 2. The molecule has 0 aliphatic rings. The van der Waals surface area contributed by atoms with Crippen LogP contribution < -0.4 is 0 Å². The van der Waals surface area contributed by atoms with Crippen molar-refractivity contribution >= 4 is 46.0 Å². The van der Waals surface area contributed by atoms with E-state index in [1.807, 2.05) is 55.5 Å².